The SMILES string of the molecule is COc1ccc2c(c1)C=C(C(C)(C)N)C2. The molecule has 0 heterocycles. The number of hydrogen-bond acceptors (Lipinski definition) is 2. The smallest absolute Gasteiger partial charge is 0.119 e. The lowest BCUT2D eigenvalue weighted by atomic mass is 9.94. The Morgan fingerprint density at radius 3 is 2.67 bits per heavy atom. The lowest BCUT2D eigenvalue weighted by Crippen LogP contribution is -2.34. The Morgan fingerprint density at radius 2 is 2.07 bits per heavy atom. The largest absolute Gasteiger partial charge is 0.497 e. The standard InChI is InChI=1S/C13H17NO/c1-13(2,14)11-6-9-4-5-12(15-3)8-10(9)7-11/h4-5,7-8H,6,14H2,1-3H3. The lowest BCUT2D eigenvalue weighted by molar-refractivity contribution is 0.414. The summed E-state index contributed by atoms with van der Waals surface area (Å²) in [4.78, 5) is 0. The van der Waals surface area contributed by atoms with E-state index in [0.717, 1.165) is 12.2 Å². The van der Waals surface area contributed by atoms with E-state index in [1.807, 2.05) is 19.9 Å². The third-order valence-corrected chi connectivity index (χ3v) is 2.89. The van der Waals surface area contributed by atoms with Gasteiger partial charge in [0.25, 0.3) is 0 Å². The summed E-state index contributed by atoms with van der Waals surface area (Å²) in [5.74, 6) is 0.904. The van der Waals surface area contributed by atoms with Gasteiger partial charge in [-0.25, -0.2) is 0 Å². The van der Waals surface area contributed by atoms with Gasteiger partial charge >= 0.3 is 0 Å². The van der Waals surface area contributed by atoms with Gasteiger partial charge in [-0.05, 0) is 49.1 Å². The topological polar surface area (TPSA) is 35.2 Å². The first-order chi connectivity index (χ1) is 7.00. The molecule has 0 unspecified atom stereocenters. The second kappa shape index (κ2) is 3.38. The van der Waals surface area contributed by atoms with Crippen molar-refractivity contribution in [1.29, 1.82) is 0 Å². The lowest BCUT2D eigenvalue weighted by Gasteiger charge is -2.20. The average molecular weight is 203 g/mol. The van der Waals surface area contributed by atoms with Crippen molar-refractivity contribution in [3.05, 3.63) is 34.9 Å². The molecule has 0 aromatic heterocycles. The van der Waals surface area contributed by atoms with E-state index in [-0.39, 0.29) is 5.54 Å². The van der Waals surface area contributed by atoms with Gasteiger partial charge < -0.3 is 10.5 Å². The number of fused-ring (bicyclic) bond motifs is 1. The number of nitrogens with two attached hydrogens (primary N) is 1. The minimum absolute atomic E-state index is 0.230. The minimum atomic E-state index is -0.230. The van der Waals surface area contributed by atoms with Gasteiger partial charge in [-0.15, -0.1) is 0 Å². The molecule has 1 aromatic carbocycles. The van der Waals surface area contributed by atoms with Gasteiger partial charge in [0.2, 0.25) is 0 Å². The quantitative estimate of drug-likeness (QED) is 0.801. The zero-order valence-electron chi connectivity index (χ0n) is 9.50. The van der Waals surface area contributed by atoms with Crippen LogP contribution in [-0.2, 0) is 6.42 Å². The molecule has 0 atom stereocenters. The van der Waals surface area contributed by atoms with E-state index in [1.165, 1.54) is 16.7 Å². The third kappa shape index (κ3) is 1.90. The number of benzene rings is 1. The fourth-order valence-corrected chi connectivity index (χ4v) is 1.85. The minimum Gasteiger partial charge on any atom is -0.497 e. The molecular weight excluding hydrogens is 186 g/mol. The molecule has 2 heteroatoms. The summed E-state index contributed by atoms with van der Waals surface area (Å²) in [6, 6.07) is 6.18. The van der Waals surface area contributed by atoms with Crippen molar-refractivity contribution in [3.8, 4) is 5.75 Å². The number of rotatable bonds is 2. The Kier molecular flexibility index (Phi) is 2.31. The van der Waals surface area contributed by atoms with Crippen molar-refractivity contribution in [2.45, 2.75) is 25.8 Å². The molecule has 0 aliphatic heterocycles. The van der Waals surface area contributed by atoms with Crippen LogP contribution in [0.1, 0.15) is 25.0 Å². The molecule has 80 valence electrons. The predicted octanol–water partition coefficient (Wildman–Crippen LogP) is 2.37. The zero-order valence-corrected chi connectivity index (χ0v) is 9.50. The predicted molar refractivity (Wildman–Crippen MR) is 62.9 cm³/mol. The maximum absolute atomic E-state index is 6.09. The van der Waals surface area contributed by atoms with Crippen LogP contribution in [0.25, 0.3) is 6.08 Å². The summed E-state index contributed by atoms with van der Waals surface area (Å²) in [7, 11) is 1.69. The molecular formula is C13H17NO. The monoisotopic (exact) mass is 203 g/mol. The zero-order chi connectivity index (χ0) is 11.1. The molecule has 0 bridgehead atoms. The van der Waals surface area contributed by atoms with Gasteiger partial charge in [0.05, 0.1) is 7.11 Å². The second-order valence-corrected chi connectivity index (χ2v) is 4.63. The van der Waals surface area contributed by atoms with Gasteiger partial charge in [-0.1, -0.05) is 12.1 Å². The van der Waals surface area contributed by atoms with E-state index in [0.29, 0.717) is 0 Å². The molecule has 0 saturated carbocycles. The fraction of sp³-hybridized carbons (Fsp3) is 0.385. The molecule has 2 rings (SSSR count). The first-order valence-electron chi connectivity index (χ1n) is 5.17. The van der Waals surface area contributed by atoms with Crippen LogP contribution in [0.2, 0.25) is 0 Å². The Bertz CT molecular complexity index is 413. The van der Waals surface area contributed by atoms with Gasteiger partial charge in [0.15, 0.2) is 0 Å². The normalized spacial score (nSPS) is 14.8. The Labute approximate surface area is 90.7 Å². The Balaban J connectivity index is 2.36. The summed E-state index contributed by atoms with van der Waals surface area (Å²) in [6.07, 6.45) is 3.14. The Morgan fingerprint density at radius 1 is 1.33 bits per heavy atom. The Hall–Kier alpha value is -1.28. The summed E-state index contributed by atoms with van der Waals surface area (Å²) >= 11 is 0. The van der Waals surface area contributed by atoms with Crippen LogP contribution in [0.15, 0.2) is 23.8 Å². The van der Waals surface area contributed by atoms with Gasteiger partial charge in [-0.3, -0.25) is 0 Å². The molecule has 1 aliphatic carbocycles. The molecule has 2 nitrogen and oxygen atoms in total. The van der Waals surface area contributed by atoms with E-state index < -0.39 is 0 Å². The fourth-order valence-electron chi connectivity index (χ4n) is 1.85. The molecule has 0 saturated heterocycles. The molecule has 0 amide bonds. The first kappa shape index (κ1) is 10.2. The van der Waals surface area contributed by atoms with Crippen LogP contribution in [-0.4, -0.2) is 12.6 Å². The van der Waals surface area contributed by atoms with Crippen LogP contribution >= 0.6 is 0 Å². The average Bonchev–Trinajstić information content (AvgIpc) is 2.59. The third-order valence-electron chi connectivity index (χ3n) is 2.89. The van der Waals surface area contributed by atoms with Crippen LogP contribution in [0.3, 0.4) is 0 Å². The highest BCUT2D eigenvalue weighted by Crippen LogP contribution is 2.32. The van der Waals surface area contributed by atoms with E-state index in [9.17, 15) is 0 Å². The van der Waals surface area contributed by atoms with Crippen molar-refractivity contribution >= 4 is 6.08 Å². The summed E-state index contributed by atoms with van der Waals surface area (Å²) in [5, 5.41) is 0. The summed E-state index contributed by atoms with van der Waals surface area (Å²) in [6.45, 7) is 4.09. The summed E-state index contributed by atoms with van der Waals surface area (Å²) < 4.78 is 5.20. The molecule has 1 aromatic rings. The van der Waals surface area contributed by atoms with E-state index in [2.05, 4.69) is 18.2 Å². The first-order valence-corrected chi connectivity index (χ1v) is 5.17. The van der Waals surface area contributed by atoms with Crippen LogP contribution in [0, 0.1) is 0 Å². The van der Waals surface area contributed by atoms with Gasteiger partial charge in [-0.2, -0.15) is 0 Å². The number of ether oxygens (including phenoxy) is 1. The van der Waals surface area contributed by atoms with Gasteiger partial charge in [0.1, 0.15) is 5.75 Å². The number of hydrogen-bond donors (Lipinski definition) is 1. The second-order valence-electron chi connectivity index (χ2n) is 4.63. The van der Waals surface area contributed by atoms with Crippen molar-refractivity contribution < 1.29 is 4.74 Å². The maximum atomic E-state index is 6.09. The summed E-state index contributed by atoms with van der Waals surface area (Å²) in [5.41, 5.74) is 9.72. The molecule has 0 radical (unpaired) electrons. The van der Waals surface area contributed by atoms with Crippen molar-refractivity contribution in [3.63, 3.8) is 0 Å². The number of methoxy groups -OCH3 is 1. The molecule has 0 fully saturated rings. The van der Waals surface area contributed by atoms with E-state index in [4.69, 9.17) is 10.5 Å². The van der Waals surface area contributed by atoms with Crippen LogP contribution in [0.5, 0.6) is 5.75 Å². The van der Waals surface area contributed by atoms with Crippen molar-refractivity contribution in [1.82, 2.24) is 0 Å². The van der Waals surface area contributed by atoms with Crippen molar-refractivity contribution in [2.24, 2.45) is 5.73 Å². The van der Waals surface area contributed by atoms with Gasteiger partial charge in [0, 0.05) is 5.54 Å². The van der Waals surface area contributed by atoms with Crippen molar-refractivity contribution in [2.75, 3.05) is 7.11 Å². The highest BCUT2D eigenvalue weighted by molar-refractivity contribution is 5.67. The highest BCUT2D eigenvalue weighted by Gasteiger charge is 2.23. The molecule has 1 aliphatic rings. The molecule has 0 spiro atoms. The van der Waals surface area contributed by atoms with E-state index in [1.54, 1.807) is 7.11 Å². The van der Waals surface area contributed by atoms with E-state index >= 15 is 0 Å². The molecule has 15 heavy (non-hydrogen) atoms. The maximum Gasteiger partial charge on any atom is 0.119 e. The molecule has 2 N–H and O–H groups in total. The van der Waals surface area contributed by atoms with Crippen LogP contribution in [0.4, 0.5) is 0 Å². The highest BCUT2D eigenvalue weighted by atomic mass is 16.5. The van der Waals surface area contributed by atoms with Crippen LogP contribution < -0.4 is 10.5 Å².